The van der Waals surface area contributed by atoms with Gasteiger partial charge in [0, 0.05) is 50.7 Å². The number of hydrogen-bond donors (Lipinski definition) is 0. The van der Waals surface area contributed by atoms with Crippen LogP contribution in [-0.4, -0.2) is 42.0 Å². The molecule has 1 amide bonds. The third-order valence-electron chi connectivity index (χ3n) is 6.01. The first-order chi connectivity index (χ1) is 12.6. The molecule has 0 N–H and O–H groups in total. The number of amides is 1. The summed E-state index contributed by atoms with van der Waals surface area (Å²) in [5, 5.41) is 0.652. The van der Waals surface area contributed by atoms with Crippen LogP contribution in [0, 0.1) is 5.92 Å². The first kappa shape index (κ1) is 17.7. The molecule has 6 heteroatoms. The number of nitrogens with zero attached hydrogens (tertiary/aromatic N) is 4. The van der Waals surface area contributed by atoms with Crippen LogP contribution in [0.3, 0.4) is 0 Å². The zero-order chi connectivity index (χ0) is 18.1. The summed E-state index contributed by atoms with van der Waals surface area (Å²) in [6, 6.07) is 2.34. The molecule has 0 unspecified atom stereocenters. The lowest BCUT2D eigenvalue weighted by atomic mass is 9.87. The molecule has 2 fully saturated rings. The van der Waals surface area contributed by atoms with Crippen LogP contribution in [0.1, 0.15) is 44.9 Å². The summed E-state index contributed by atoms with van der Waals surface area (Å²) in [5.74, 6) is 1.62. The Morgan fingerprint density at radius 2 is 1.85 bits per heavy atom. The number of carbonyl (C=O) groups excluding carboxylic acids is 1. The molecule has 3 aliphatic rings. The van der Waals surface area contributed by atoms with Gasteiger partial charge in [0.05, 0.1) is 10.7 Å². The number of piperidine rings is 1. The third-order valence-corrected chi connectivity index (χ3v) is 6.22. The number of likely N-dealkylation sites (tertiary alicyclic amines) is 1. The Balaban J connectivity index is 1.42. The van der Waals surface area contributed by atoms with E-state index in [9.17, 15) is 4.79 Å². The van der Waals surface area contributed by atoms with Gasteiger partial charge in [0.25, 0.3) is 0 Å². The van der Waals surface area contributed by atoms with Crippen molar-refractivity contribution >= 4 is 29.0 Å². The molecule has 1 aromatic heterocycles. The van der Waals surface area contributed by atoms with Gasteiger partial charge in [-0.1, -0.05) is 30.9 Å². The van der Waals surface area contributed by atoms with Gasteiger partial charge in [-0.25, -0.2) is 4.98 Å². The van der Waals surface area contributed by atoms with Crippen molar-refractivity contribution in [2.75, 3.05) is 29.9 Å². The van der Waals surface area contributed by atoms with Gasteiger partial charge in [-0.2, -0.15) is 0 Å². The fourth-order valence-corrected chi connectivity index (χ4v) is 4.62. The molecule has 3 heterocycles. The molecule has 0 radical (unpaired) electrons. The molecule has 0 aromatic carbocycles. The van der Waals surface area contributed by atoms with Crippen molar-refractivity contribution in [1.29, 1.82) is 0 Å². The third kappa shape index (κ3) is 3.41. The van der Waals surface area contributed by atoms with Gasteiger partial charge in [-0.05, 0) is 31.7 Å². The van der Waals surface area contributed by atoms with E-state index in [4.69, 9.17) is 11.6 Å². The van der Waals surface area contributed by atoms with Gasteiger partial charge in [-0.3, -0.25) is 4.79 Å². The largest absolute Gasteiger partial charge is 0.347 e. The average Bonchev–Trinajstić information content (AvgIpc) is 2.69. The van der Waals surface area contributed by atoms with Crippen molar-refractivity contribution in [3.63, 3.8) is 0 Å². The molecule has 1 saturated heterocycles. The van der Waals surface area contributed by atoms with Crippen LogP contribution in [-0.2, 0) is 4.79 Å². The second-order valence-electron chi connectivity index (χ2n) is 7.70. The average molecular weight is 375 g/mol. The topological polar surface area (TPSA) is 39.7 Å². The highest BCUT2D eigenvalue weighted by Crippen LogP contribution is 2.36. The molecular formula is C20H27ClN4O. The van der Waals surface area contributed by atoms with Gasteiger partial charge >= 0.3 is 0 Å². The van der Waals surface area contributed by atoms with E-state index in [2.05, 4.69) is 27.2 Å². The van der Waals surface area contributed by atoms with Crippen molar-refractivity contribution in [3.05, 3.63) is 29.7 Å². The number of hydrogen-bond acceptors (Lipinski definition) is 4. The fourth-order valence-electron chi connectivity index (χ4n) is 4.47. The smallest absolute Gasteiger partial charge is 0.225 e. The van der Waals surface area contributed by atoms with Gasteiger partial charge < -0.3 is 14.7 Å². The predicted octanol–water partition coefficient (Wildman–Crippen LogP) is 4.03. The Bertz CT molecular complexity index is 693. The van der Waals surface area contributed by atoms with Crippen LogP contribution >= 0.6 is 11.6 Å². The minimum Gasteiger partial charge on any atom is -0.347 e. The molecule has 1 saturated carbocycles. The highest BCUT2D eigenvalue weighted by Gasteiger charge is 2.32. The molecule has 0 atom stereocenters. The van der Waals surface area contributed by atoms with E-state index in [0.29, 0.717) is 17.0 Å². The summed E-state index contributed by atoms with van der Waals surface area (Å²) in [6.45, 7) is 1.70. The Hall–Kier alpha value is -1.75. The van der Waals surface area contributed by atoms with E-state index in [-0.39, 0.29) is 5.92 Å². The van der Waals surface area contributed by atoms with E-state index >= 15 is 0 Å². The normalized spacial score (nSPS) is 21.8. The van der Waals surface area contributed by atoms with Crippen LogP contribution in [0.25, 0.3) is 0 Å². The van der Waals surface area contributed by atoms with Crippen molar-refractivity contribution in [1.82, 2.24) is 9.88 Å². The van der Waals surface area contributed by atoms with Gasteiger partial charge in [0.15, 0.2) is 5.82 Å². The van der Waals surface area contributed by atoms with E-state index in [1.807, 2.05) is 18.0 Å². The van der Waals surface area contributed by atoms with Gasteiger partial charge in [0.1, 0.15) is 0 Å². The number of fused-ring (bicyclic) bond motifs is 1. The first-order valence-electron chi connectivity index (χ1n) is 9.77. The number of pyridine rings is 1. The summed E-state index contributed by atoms with van der Waals surface area (Å²) < 4.78 is 0. The first-order valence-corrected chi connectivity index (χ1v) is 10.1. The van der Waals surface area contributed by atoms with Crippen LogP contribution in [0.15, 0.2) is 24.7 Å². The Labute approximate surface area is 160 Å². The van der Waals surface area contributed by atoms with Crippen molar-refractivity contribution < 1.29 is 4.79 Å². The summed E-state index contributed by atoms with van der Waals surface area (Å²) in [6.07, 6.45) is 13.7. The lowest BCUT2D eigenvalue weighted by molar-refractivity contribution is -0.137. The summed E-state index contributed by atoms with van der Waals surface area (Å²) in [7, 11) is 2.01. The quantitative estimate of drug-likeness (QED) is 0.783. The molecule has 140 valence electrons. The fraction of sp³-hybridized carbons (Fsp3) is 0.600. The van der Waals surface area contributed by atoms with E-state index in [1.165, 1.54) is 19.3 Å². The van der Waals surface area contributed by atoms with E-state index < -0.39 is 0 Å². The predicted molar refractivity (Wildman–Crippen MR) is 105 cm³/mol. The molecule has 2 aliphatic heterocycles. The number of aromatic nitrogens is 1. The molecule has 0 bridgehead atoms. The molecule has 26 heavy (non-hydrogen) atoms. The van der Waals surface area contributed by atoms with Crippen LogP contribution < -0.4 is 9.80 Å². The number of anilines is 2. The zero-order valence-corrected chi connectivity index (χ0v) is 16.2. The maximum Gasteiger partial charge on any atom is 0.225 e. The number of rotatable bonds is 2. The number of carbonyl (C=O) groups is 1. The zero-order valence-electron chi connectivity index (χ0n) is 15.4. The monoisotopic (exact) mass is 374 g/mol. The summed E-state index contributed by atoms with van der Waals surface area (Å²) in [5.41, 5.74) is 1.03. The lowest BCUT2D eigenvalue weighted by Gasteiger charge is -2.41. The highest BCUT2D eigenvalue weighted by molar-refractivity contribution is 6.30. The van der Waals surface area contributed by atoms with Crippen molar-refractivity contribution in [3.8, 4) is 0 Å². The molecule has 1 aromatic rings. The Morgan fingerprint density at radius 3 is 2.58 bits per heavy atom. The summed E-state index contributed by atoms with van der Waals surface area (Å²) in [4.78, 5) is 23.8. The van der Waals surface area contributed by atoms with Crippen LogP contribution in [0.4, 0.5) is 11.5 Å². The molecule has 0 spiro atoms. The molecule has 5 nitrogen and oxygen atoms in total. The molecular weight excluding hydrogens is 348 g/mol. The van der Waals surface area contributed by atoms with Gasteiger partial charge in [0.2, 0.25) is 5.91 Å². The standard InChI is InChI=1S/C20H27ClN4O/c1-23-11-12-25(19-18(23)13-16(21)14-22-19)17-7-9-24(10-8-17)20(26)15-5-3-2-4-6-15/h11-15,17H,2-10H2,1H3. The highest BCUT2D eigenvalue weighted by atomic mass is 35.5. The Kier molecular flexibility index (Phi) is 5.07. The Morgan fingerprint density at radius 1 is 1.12 bits per heavy atom. The SMILES string of the molecule is CN1C=CN(C2CCN(C(=O)C3CCCCC3)CC2)c2ncc(Cl)cc21. The minimum atomic E-state index is 0.272. The maximum absolute atomic E-state index is 12.8. The molecule has 1 aliphatic carbocycles. The number of halogens is 1. The van der Waals surface area contributed by atoms with Gasteiger partial charge in [-0.15, -0.1) is 0 Å². The minimum absolute atomic E-state index is 0.272. The maximum atomic E-state index is 12.8. The lowest BCUT2D eigenvalue weighted by Crippen LogP contribution is -2.48. The van der Waals surface area contributed by atoms with E-state index in [1.54, 1.807) is 6.20 Å². The summed E-state index contributed by atoms with van der Waals surface area (Å²) >= 11 is 6.13. The molecule has 4 rings (SSSR count). The van der Waals surface area contributed by atoms with E-state index in [0.717, 1.165) is 50.3 Å². The van der Waals surface area contributed by atoms with Crippen molar-refractivity contribution in [2.24, 2.45) is 5.92 Å². The second-order valence-corrected chi connectivity index (χ2v) is 8.14. The second kappa shape index (κ2) is 7.47. The van der Waals surface area contributed by atoms with Crippen LogP contribution in [0.5, 0.6) is 0 Å². The van der Waals surface area contributed by atoms with Crippen LogP contribution in [0.2, 0.25) is 5.02 Å². The van der Waals surface area contributed by atoms with Crippen molar-refractivity contribution in [2.45, 2.75) is 51.0 Å².